The van der Waals surface area contributed by atoms with Crippen LogP contribution in [0.4, 0.5) is 0 Å². The lowest BCUT2D eigenvalue weighted by atomic mass is 10.1. The lowest BCUT2D eigenvalue weighted by Gasteiger charge is -2.16. The second-order valence-electron chi connectivity index (χ2n) is 4.09. The molecule has 90 valence electrons. The molecule has 0 saturated heterocycles. The molecule has 0 amide bonds. The summed E-state index contributed by atoms with van der Waals surface area (Å²) in [7, 11) is 0. The molecule has 0 aliphatic rings. The van der Waals surface area contributed by atoms with Crippen molar-refractivity contribution in [3.63, 3.8) is 0 Å². The van der Waals surface area contributed by atoms with E-state index in [1.807, 2.05) is 13.0 Å². The molecule has 0 saturated carbocycles. The van der Waals surface area contributed by atoms with E-state index in [1.165, 1.54) is 5.56 Å². The lowest BCUT2D eigenvalue weighted by Crippen LogP contribution is -2.28. The second-order valence-corrected chi connectivity index (χ2v) is 4.50. The van der Waals surface area contributed by atoms with Crippen LogP contribution in [0.2, 0.25) is 5.02 Å². The van der Waals surface area contributed by atoms with Crippen LogP contribution in [0, 0.1) is 6.92 Å². The fourth-order valence-electron chi connectivity index (χ4n) is 1.66. The summed E-state index contributed by atoms with van der Waals surface area (Å²) >= 11 is 6.14. The van der Waals surface area contributed by atoms with Crippen molar-refractivity contribution in [1.29, 1.82) is 0 Å². The van der Waals surface area contributed by atoms with Crippen LogP contribution < -0.4 is 5.32 Å². The maximum Gasteiger partial charge on any atom is 0.0453 e. The van der Waals surface area contributed by atoms with E-state index in [0.29, 0.717) is 6.04 Å². The summed E-state index contributed by atoms with van der Waals surface area (Å²) in [6.45, 7) is 5.14. The molecule has 0 spiro atoms. The molecule has 0 fully saturated rings. The van der Waals surface area contributed by atoms with Crippen LogP contribution in [0.25, 0.3) is 0 Å². The van der Waals surface area contributed by atoms with Gasteiger partial charge in [0.25, 0.3) is 0 Å². The summed E-state index contributed by atoms with van der Waals surface area (Å²) in [5.74, 6) is 0. The maximum absolute atomic E-state index is 8.89. The minimum atomic E-state index is 0.229. The molecule has 0 aliphatic heterocycles. The van der Waals surface area contributed by atoms with Gasteiger partial charge in [0.15, 0.2) is 0 Å². The van der Waals surface area contributed by atoms with Crippen LogP contribution in [0.5, 0.6) is 0 Å². The fourth-order valence-corrected chi connectivity index (χ4v) is 1.96. The number of hydrogen-bond donors (Lipinski definition) is 2. The zero-order valence-corrected chi connectivity index (χ0v) is 10.7. The van der Waals surface area contributed by atoms with Crippen LogP contribution in [0.1, 0.15) is 30.9 Å². The molecule has 0 bridgehead atoms. The Balaban J connectivity index is 2.53. The Bertz CT molecular complexity index is 328. The third-order valence-electron chi connectivity index (χ3n) is 2.76. The van der Waals surface area contributed by atoms with E-state index in [-0.39, 0.29) is 6.61 Å². The van der Waals surface area contributed by atoms with Gasteiger partial charge in [-0.1, -0.05) is 30.7 Å². The van der Waals surface area contributed by atoms with Gasteiger partial charge < -0.3 is 10.4 Å². The smallest absolute Gasteiger partial charge is 0.0453 e. The predicted octanol–water partition coefficient (Wildman–Crippen LogP) is 2.90. The van der Waals surface area contributed by atoms with E-state index in [9.17, 15) is 0 Å². The molecule has 2 nitrogen and oxygen atoms in total. The van der Waals surface area contributed by atoms with Crippen molar-refractivity contribution in [2.45, 2.75) is 39.3 Å². The zero-order chi connectivity index (χ0) is 12.0. The highest BCUT2D eigenvalue weighted by atomic mass is 35.5. The first-order chi connectivity index (χ1) is 7.67. The molecule has 1 aromatic rings. The van der Waals surface area contributed by atoms with Gasteiger partial charge in [-0.25, -0.2) is 0 Å². The van der Waals surface area contributed by atoms with Gasteiger partial charge in [-0.05, 0) is 37.0 Å². The molecule has 1 aromatic carbocycles. The number of hydrogen-bond acceptors (Lipinski definition) is 2. The van der Waals surface area contributed by atoms with Gasteiger partial charge in [-0.15, -0.1) is 0 Å². The van der Waals surface area contributed by atoms with E-state index < -0.39 is 0 Å². The molecule has 0 heterocycles. The minimum Gasteiger partial charge on any atom is -0.396 e. The Kier molecular flexibility index (Phi) is 5.81. The SMILES string of the molecule is CCC(CCO)NCc1ccc(C)cc1Cl. The van der Waals surface area contributed by atoms with Gasteiger partial charge in [0.05, 0.1) is 0 Å². The van der Waals surface area contributed by atoms with Crippen LogP contribution >= 0.6 is 11.6 Å². The van der Waals surface area contributed by atoms with Gasteiger partial charge in [0, 0.05) is 24.2 Å². The largest absolute Gasteiger partial charge is 0.396 e. The summed E-state index contributed by atoms with van der Waals surface area (Å²) < 4.78 is 0. The normalized spacial score (nSPS) is 12.8. The van der Waals surface area contributed by atoms with Crippen LogP contribution in [-0.2, 0) is 6.54 Å². The average molecular weight is 242 g/mol. The van der Waals surface area contributed by atoms with Gasteiger partial charge in [-0.3, -0.25) is 0 Å². The average Bonchev–Trinajstić information content (AvgIpc) is 2.26. The van der Waals surface area contributed by atoms with E-state index in [0.717, 1.165) is 30.0 Å². The summed E-state index contributed by atoms with van der Waals surface area (Å²) in [6.07, 6.45) is 1.81. The van der Waals surface area contributed by atoms with Crippen molar-refractivity contribution >= 4 is 11.6 Å². The highest BCUT2D eigenvalue weighted by molar-refractivity contribution is 6.31. The quantitative estimate of drug-likeness (QED) is 0.803. The number of halogens is 1. The Morgan fingerprint density at radius 3 is 2.75 bits per heavy atom. The number of rotatable bonds is 6. The van der Waals surface area contributed by atoms with Crippen molar-refractivity contribution < 1.29 is 5.11 Å². The van der Waals surface area contributed by atoms with Gasteiger partial charge in [0.2, 0.25) is 0 Å². The third kappa shape index (κ3) is 4.12. The van der Waals surface area contributed by atoms with E-state index in [1.54, 1.807) is 0 Å². The third-order valence-corrected chi connectivity index (χ3v) is 3.11. The predicted molar refractivity (Wildman–Crippen MR) is 68.8 cm³/mol. The number of aryl methyl sites for hydroxylation is 1. The number of aliphatic hydroxyl groups excluding tert-OH is 1. The molecule has 0 aliphatic carbocycles. The molecule has 1 atom stereocenters. The van der Waals surface area contributed by atoms with Gasteiger partial charge in [-0.2, -0.15) is 0 Å². The fraction of sp³-hybridized carbons (Fsp3) is 0.538. The molecule has 0 radical (unpaired) electrons. The molecule has 1 rings (SSSR count). The number of nitrogens with one attached hydrogen (secondary N) is 1. The highest BCUT2D eigenvalue weighted by Gasteiger charge is 2.06. The molecule has 2 N–H and O–H groups in total. The van der Waals surface area contributed by atoms with Crippen molar-refractivity contribution in [3.8, 4) is 0 Å². The first kappa shape index (κ1) is 13.5. The molecule has 16 heavy (non-hydrogen) atoms. The first-order valence-electron chi connectivity index (χ1n) is 5.76. The number of aliphatic hydroxyl groups is 1. The van der Waals surface area contributed by atoms with Crippen molar-refractivity contribution in [3.05, 3.63) is 34.3 Å². The standard InChI is InChI=1S/C13H20ClNO/c1-3-12(6-7-16)15-9-11-5-4-10(2)8-13(11)14/h4-5,8,12,15-16H,3,6-7,9H2,1-2H3. The molecule has 1 unspecified atom stereocenters. The second kappa shape index (κ2) is 6.89. The minimum absolute atomic E-state index is 0.229. The molecular formula is C13H20ClNO. The maximum atomic E-state index is 8.89. The monoisotopic (exact) mass is 241 g/mol. The van der Waals surface area contributed by atoms with Crippen LogP contribution in [0.15, 0.2) is 18.2 Å². The summed E-state index contributed by atoms with van der Waals surface area (Å²) in [4.78, 5) is 0. The lowest BCUT2D eigenvalue weighted by molar-refractivity contribution is 0.262. The van der Waals surface area contributed by atoms with Crippen molar-refractivity contribution in [2.24, 2.45) is 0 Å². The van der Waals surface area contributed by atoms with Crippen molar-refractivity contribution in [2.75, 3.05) is 6.61 Å². The summed E-state index contributed by atoms with van der Waals surface area (Å²) in [5, 5.41) is 13.1. The van der Waals surface area contributed by atoms with Crippen LogP contribution in [0.3, 0.4) is 0 Å². The van der Waals surface area contributed by atoms with Gasteiger partial charge in [0.1, 0.15) is 0 Å². The van der Waals surface area contributed by atoms with Gasteiger partial charge >= 0.3 is 0 Å². The van der Waals surface area contributed by atoms with E-state index in [2.05, 4.69) is 24.4 Å². The van der Waals surface area contributed by atoms with Crippen molar-refractivity contribution in [1.82, 2.24) is 5.32 Å². The summed E-state index contributed by atoms with van der Waals surface area (Å²) in [6, 6.07) is 6.46. The molecule has 3 heteroatoms. The van der Waals surface area contributed by atoms with E-state index in [4.69, 9.17) is 16.7 Å². The van der Waals surface area contributed by atoms with E-state index >= 15 is 0 Å². The molecular weight excluding hydrogens is 222 g/mol. The van der Waals surface area contributed by atoms with Crippen LogP contribution in [-0.4, -0.2) is 17.8 Å². The first-order valence-corrected chi connectivity index (χ1v) is 6.14. The molecule has 0 aromatic heterocycles. The Labute approximate surface area is 103 Å². The Morgan fingerprint density at radius 2 is 2.19 bits per heavy atom. The Hall–Kier alpha value is -0.570. The zero-order valence-electron chi connectivity index (χ0n) is 9.96. The highest BCUT2D eigenvalue weighted by Crippen LogP contribution is 2.17. The summed E-state index contributed by atoms with van der Waals surface area (Å²) in [5.41, 5.74) is 2.29. The Morgan fingerprint density at radius 1 is 1.44 bits per heavy atom. The number of benzene rings is 1. The topological polar surface area (TPSA) is 32.3 Å².